The molecular weight excluding hydrogens is 218 g/mol. The maximum absolute atomic E-state index is 8.40. The molecule has 0 aliphatic heterocycles. The minimum atomic E-state index is 0.973. The van der Waals surface area contributed by atoms with E-state index in [2.05, 4.69) is 21.1 Å². The Morgan fingerprint density at radius 2 is 1.83 bits per heavy atom. The molecule has 1 aromatic rings. The van der Waals surface area contributed by atoms with Crippen molar-refractivity contribution in [3.05, 3.63) is 33.3 Å². The summed E-state index contributed by atoms with van der Waals surface area (Å²) in [6.07, 6.45) is 1.46. The molecule has 0 saturated heterocycles. The van der Waals surface area contributed by atoms with E-state index in [-0.39, 0.29) is 0 Å². The Bertz CT molecular complexity index is 297. The number of halogens is 1. The van der Waals surface area contributed by atoms with E-state index in [0.717, 1.165) is 21.2 Å². The van der Waals surface area contributed by atoms with Gasteiger partial charge in [-0.25, -0.2) is 0 Å². The van der Waals surface area contributed by atoms with Crippen LogP contribution in [0.5, 0.6) is 0 Å². The molecule has 0 aliphatic carbocycles. The van der Waals surface area contributed by atoms with Crippen LogP contribution >= 0.6 is 15.9 Å². The standard InChI is InChI=1S/C9H10BrNO/c1-6-3-8(10)4-7(2)9(6)5-11-12/h3-5,12H,1-2H3. The van der Waals surface area contributed by atoms with Crippen molar-refractivity contribution < 1.29 is 5.21 Å². The summed E-state index contributed by atoms with van der Waals surface area (Å²) in [6, 6.07) is 3.98. The zero-order chi connectivity index (χ0) is 9.14. The molecule has 0 atom stereocenters. The summed E-state index contributed by atoms with van der Waals surface area (Å²) in [5, 5.41) is 11.4. The number of rotatable bonds is 1. The molecule has 12 heavy (non-hydrogen) atoms. The Morgan fingerprint density at radius 3 is 2.25 bits per heavy atom. The lowest BCUT2D eigenvalue weighted by molar-refractivity contribution is 0.322. The second-order valence-corrected chi connectivity index (χ2v) is 3.61. The van der Waals surface area contributed by atoms with E-state index in [1.165, 1.54) is 6.21 Å². The van der Waals surface area contributed by atoms with Gasteiger partial charge in [0.05, 0.1) is 6.21 Å². The summed E-state index contributed by atoms with van der Waals surface area (Å²) in [4.78, 5) is 0. The van der Waals surface area contributed by atoms with E-state index >= 15 is 0 Å². The topological polar surface area (TPSA) is 32.6 Å². The molecule has 0 spiro atoms. The molecule has 2 nitrogen and oxygen atoms in total. The Morgan fingerprint density at radius 1 is 1.33 bits per heavy atom. The van der Waals surface area contributed by atoms with Crippen LogP contribution < -0.4 is 0 Å². The van der Waals surface area contributed by atoms with Gasteiger partial charge in [-0.05, 0) is 37.1 Å². The number of hydrogen-bond donors (Lipinski definition) is 1. The van der Waals surface area contributed by atoms with Gasteiger partial charge >= 0.3 is 0 Å². The number of benzene rings is 1. The van der Waals surface area contributed by atoms with Gasteiger partial charge in [0.25, 0.3) is 0 Å². The molecule has 0 heterocycles. The van der Waals surface area contributed by atoms with Crippen molar-refractivity contribution in [1.82, 2.24) is 0 Å². The second kappa shape index (κ2) is 3.72. The van der Waals surface area contributed by atoms with Crippen molar-refractivity contribution >= 4 is 22.1 Å². The van der Waals surface area contributed by atoms with Gasteiger partial charge in [0.1, 0.15) is 0 Å². The van der Waals surface area contributed by atoms with E-state index in [9.17, 15) is 0 Å². The highest BCUT2D eigenvalue weighted by atomic mass is 79.9. The van der Waals surface area contributed by atoms with Gasteiger partial charge in [0.15, 0.2) is 0 Å². The third kappa shape index (κ3) is 1.85. The zero-order valence-corrected chi connectivity index (χ0v) is 8.59. The molecule has 0 fully saturated rings. The molecular formula is C9H10BrNO. The quantitative estimate of drug-likeness (QED) is 0.447. The fourth-order valence-electron chi connectivity index (χ4n) is 1.18. The van der Waals surface area contributed by atoms with E-state index in [4.69, 9.17) is 5.21 Å². The smallest absolute Gasteiger partial charge is 0.0739 e. The Labute approximate surface area is 80.0 Å². The van der Waals surface area contributed by atoms with Crippen LogP contribution in [0.15, 0.2) is 21.8 Å². The fraction of sp³-hybridized carbons (Fsp3) is 0.222. The van der Waals surface area contributed by atoms with Crippen LogP contribution in [-0.4, -0.2) is 11.4 Å². The molecule has 1 N–H and O–H groups in total. The molecule has 1 rings (SSSR count). The zero-order valence-electron chi connectivity index (χ0n) is 7.00. The fourth-order valence-corrected chi connectivity index (χ4v) is 1.87. The lowest BCUT2D eigenvalue weighted by Gasteiger charge is -2.04. The van der Waals surface area contributed by atoms with Gasteiger partial charge in [-0.3, -0.25) is 0 Å². The van der Waals surface area contributed by atoms with E-state index in [1.807, 2.05) is 26.0 Å². The maximum atomic E-state index is 8.40. The van der Waals surface area contributed by atoms with Crippen LogP contribution in [0.3, 0.4) is 0 Å². The van der Waals surface area contributed by atoms with E-state index < -0.39 is 0 Å². The summed E-state index contributed by atoms with van der Waals surface area (Å²) in [5.74, 6) is 0. The van der Waals surface area contributed by atoms with Crippen LogP contribution in [0.1, 0.15) is 16.7 Å². The van der Waals surface area contributed by atoms with Gasteiger partial charge < -0.3 is 5.21 Å². The van der Waals surface area contributed by atoms with Crippen molar-refractivity contribution in [1.29, 1.82) is 0 Å². The highest BCUT2D eigenvalue weighted by Gasteiger charge is 2.00. The molecule has 64 valence electrons. The van der Waals surface area contributed by atoms with Crippen LogP contribution in [0.25, 0.3) is 0 Å². The van der Waals surface area contributed by atoms with Crippen molar-refractivity contribution in [2.45, 2.75) is 13.8 Å². The van der Waals surface area contributed by atoms with Gasteiger partial charge in [-0.1, -0.05) is 21.1 Å². The first-order valence-electron chi connectivity index (χ1n) is 3.59. The lowest BCUT2D eigenvalue weighted by atomic mass is 10.0. The average Bonchev–Trinajstić information content (AvgIpc) is 1.96. The molecule has 0 saturated carbocycles. The maximum Gasteiger partial charge on any atom is 0.0739 e. The number of aryl methyl sites for hydroxylation is 2. The molecule has 3 heteroatoms. The van der Waals surface area contributed by atoms with Crippen LogP contribution in [0, 0.1) is 13.8 Å². The first-order valence-corrected chi connectivity index (χ1v) is 4.38. The van der Waals surface area contributed by atoms with Crippen LogP contribution in [-0.2, 0) is 0 Å². The number of hydrogen-bond acceptors (Lipinski definition) is 2. The summed E-state index contributed by atoms with van der Waals surface area (Å²) < 4.78 is 1.05. The Balaban J connectivity index is 3.28. The molecule has 1 aromatic carbocycles. The van der Waals surface area contributed by atoms with E-state index in [0.29, 0.717) is 0 Å². The van der Waals surface area contributed by atoms with Crippen LogP contribution in [0.2, 0.25) is 0 Å². The van der Waals surface area contributed by atoms with Crippen LogP contribution in [0.4, 0.5) is 0 Å². The van der Waals surface area contributed by atoms with Gasteiger partial charge in [0.2, 0.25) is 0 Å². The van der Waals surface area contributed by atoms with Crippen molar-refractivity contribution in [3.8, 4) is 0 Å². The van der Waals surface area contributed by atoms with Crippen molar-refractivity contribution in [2.75, 3.05) is 0 Å². The molecule has 0 bridgehead atoms. The monoisotopic (exact) mass is 227 g/mol. The number of nitrogens with zero attached hydrogens (tertiary/aromatic N) is 1. The summed E-state index contributed by atoms with van der Waals surface area (Å²) in [5.41, 5.74) is 3.17. The van der Waals surface area contributed by atoms with Gasteiger partial charge in [-0.15, -0.1) is 0 Å². The minimum Gasteiger partial charge on any atom is -0.411 e. The molecule has 0 unspecified atom stereocenters. The Hall–Kier alpha value is -0.830. The predicted octanol–water partition coefficient (Wildman–Crippen LogP) is 2.87. The highest BCUT2D eigenvalue weighted by Crippen LogP contribution is 2.18. The lowest BCUT2D eigenvalue weighted by Crippen LogP contribution is -1.91. The molecule has 0 aromatic heterocycles. The molecule has 0 aliphatic rings. The van der Waals surface area contributed by atoms with Gasteiger partial charge in [-0.2, -0.15) is 0 Å². The summed E-state index contributed by atoms with van der Waals surface area (Å²) in [6.45, 7) is 3.96. The largest absolute Gasteiger partial charge is 0.411 e. The van der Waals surface area contributed by atoms with E-state index in [1.54, 1.807) is 0 Å². The third-order valence-electron chi connectivity index (χ3n) is 1.75. The number of oxime groups is 1. The Kier molecular flexibility index (Phi) is 2.87. The highest BCUT2D eigenvalue weighted by molar-refractivity contribution is 9.10. The average molecular weight is 228 g/mol. The first kappa shape index (κ1) is 9.26. The predicted molar refractivity (Wildman–Crippen MR) is 53.0 cm³/mol. The normalized spacial score (nSPS) is 10.9. The molecule has 0 amide bonds. The van der Waals surface area contributed by atoms with Crippen molar-refractivity contribution in [3.63, 3.8) is 0 Å². The SMILES string of the molecule is Cc1cc(Br)cc(C)c1C=NO. The summed E-state index contributed by atoms with van der Waals surface area (Å²) in [7, 11) is 0. The minimum absolute atomic E-state index is 0.973. The van der Waals surface area contributed by atoms with Crippen molar-refractivity contribution in [2.24, 2.45) is 5.16 Å². The molecule has 0 radical (unpaired) electrons. The van der Waals surface area contributed by atoms with Gasteiger partial charge in [0, 0.05) is 10.0 Å². The second-order valence-electron chi connectivity index (χ2n) is 2.70. The first-order chi connectivity index (χ1) is 5.65. The third-order valence-corrected chi connectivity index (χ3v) is 2.20. The summed E-state index contributed by atoms with van der Waals surface area (Å²) >= 11 is 3.39.